The van der Waals surface area contributed by atoms with E-state index in [4.69, 9.17) is 10.5 Å². The first-order valence-corrected chi connectivity index (χ1v) is 8.48. The monoisotopic (exact) mass is 310 g/mol. The van der Waals surface area contributed by atoms with E-state index in [1.807, 2.05) is 0 Å². The second-order valence-corrected chi connectivity index (χ2v) is 7.37. The van der Waals surface area contributed by atoms with Crippen molar-refractivity contribution in [1.29, 1.82) is 0 Å². The van der Waals surface area contributed by atoms with Gasteiger partial charge in [-0.25, -0.2) is 4.98 Å². The van der Waals surface area contributed by atoms with Gasteiger partial charge in [0.15, 0.2) is 5.65 Å². The van der Waals surface area contributed by atoms with E-state index in [1.165, 1.54) is 12.8 Å². The molecule has 1 saturated carbocycles. The number of rotatable bonds is 3. The maximum Gasteiger partial charge on any atom is 0.311 e. The lowest BCUT2D eigenvalue weighted by Crippen LogP contribution is -2.22. The van der Waals surface area contributed by atoms with Crippen molar-refractivity contribution in [2.75, 3.05) is 11.5 Å². The van der Waals surface area contributed by atoms with Gasteiger partial charge in [0.05, 0.1) is 10.9 Å². The molecule has 8 heteroatoms. The van der Waals surface area contributed by atoms with Crippen molar-refractivity contribution in [3.8, 4) is 0 Å². The van der Waals surface area contributed by atoms with Gasteiger partial charge >= 0.3 is 4.87 Å². The summed E-state index contributed by atoms with van der Waals surface area (Å²) in [5.74, 6) is 1.79. The van der Waals surface area contributed by atoms with Crippen molar-refractivity contribution in [2.24, 2.45) is 5.92 Å². The molecule has 1 unspecified atom stereocenters. The number of ether oxygens (including phenoxy) is 1. The summed E-state index contributed by atoms with van der Waals surface area (Å²) in [6.45, 7) is 0. The zero-order valence-corrected chi connectivity index (χ0v) is 12.3. The second-order valence-electron chi connectivity index (χ2n) is 5.19. The van der Waals surface area contributed by atoms with Crippen LogP contribution in [0.2, 0.25) is 0 Å². The Kier molecular flexibility index (Phi) is 2.97. The van der Waals surface area contributed by atoms with Gasteiger partial charge in [-0.3, -0.25) is 9.36 Å². The first-order chi connectivity index (χ1) is 9.70. The van der Waals surface area contributed by atoms with E-state index in [1.54, 1.807) is 22.5 Å². The van der Waals surface area contributed by atoms with E-state index < -0.39 is 0 Å². The quantitative estimate of drug-likeness (QED) is 0.931. The molecule has 4 rings (SSSR count). The molecule has 106 valence electrons. The van der Waals surface area contributed by atoms with Crippen LogP contribution < -0.4 is 10.6 Å². The Morgan fingerprint density at radius 3 is 3.15 bits per heavy atom. The summed E-state index contributed by atoms with van der Waals surface area (Å²) in [6, 6.07) is 0. The lowest BCUT2D eigenvalue weighted by Gasteiger charge is -2.13. The fraction of sp³-hybridized carbons (Fsp3) is 0.583. The van der Waals surface area contributed by atoms with Crippen LogP contribution in [0.3, 0.4) is 0 Å². The average Bonchev–Trinajstić information content (AvgIpc) is 3.00. The van der Waals surface area contributed by atoms with E-state index in [0.717, 1.165) is 34.1 Å². The van der Waals surface area contributed by atoms with Gasteiger partial charge in [-0.15, -0.1) is 11.8 Å². The topological polar surface area (TPSA) is 83.0 Å². The van der Waals surface area contributed by atoms with Crippen LogP contribution >= 0.6 is 23.1 Å². The Bertz CT molecular complexity index is 709. The number of anilines is 1. The number of hydrogen-bond donors (Lipinski definition) is 1. The molecule has 0 amide bonds. The Morgan fingerprint density at radius 2 is 2.35 bits per heavy atom. The SMILES string of the molecule is Nc1ncc2sc(=O)n(C3CS[C@@H](CC4CC4)O3)c2n1. The first kappa shape index (κ1) is 12.6. The number of thiazole rings is 1. The first-order valence-electron chi connectivity index (χ1n) is 6.61. The second kappa shape index (κ2) is 4.71. The third-order valence-electron chi connectivity index (χ3n) is 3.62. The maximum absolute atomic E-state index is 12.2. The molecule has 6 nitrogen and oxygen atoms in total. The van der Waals surface area contributed by atoms with Crippen molar-refractivity contribution >= 4 is 39.4 Å². The molecule has 2 fully saturated rings. The van der Waals surface area contributed by atoms with Gasteiger partial charge in [0.2, 0.25) is 5.95 Å². The minimum absolute atomic E-state index is 0.0578. The summed E-state index contributed by atoms with van der Waals surface area (Å²) in [7, 11) is 0. The van der Waals surface area contributed by atoms with Gasteiger partial charge in [-0.05, 0) is 12.3 Å². The summed E-state index contributed by atoms with van der Waals surface area (Å²) in [5, 5.41) is 0. The number of nitrogens with zero attached hydrogens (tertiary/aromatic N) is 3. The zero-order chi connectivity index (χ0) is 13.7. The maximum atomic E-state index is 12.2. The van der Waals surface area contributed by atoms with E-state index >= 15 is 0 Å². The Hall–Kier alpha value is -1.12. The molecule has 2 N–H and O–H groups in total. The van der Waals surface area contributed by atoms with Crippen LogP contribution in [0, 0.1) is 5.92 Å². The molecular weight excluding hydrogens is 296 g/mol. The Labute approximate surface area is 123 Å². The summed E-state index contributed by atoms with van der Waals surface area (Å²) >= 11 is 2.93. The number of fused-ring (bicyclic) bond motifs is 1. The van der Waals surface area contributed by atoms with Crippen LogP contribution in [-0.4, -0.2) is 25.7 Å². The van der Waals surface area contributed by atoms with E-state index in [9.17, 15) is 4.79 Å². The van der Waals surface area contributed by atoms with Crippen LogP contribution in [0.5, 0.6) is 0 Å². The predicted octanol–water partition coefficient (Wildman–Crippen LogP) is 1.82. The average molecular weight is 310 g/mol. The van der Waals surface area contributed by atoms with Crippen LogP contribution in [0.15, 0.2) is 11.0 Å². The number of nitrogen functional groups attached to an aromatic ring is 1. The number of aromatic nitrogens is 3. The molecule has 1 aliphatic carbocycles. The normalized spacial score (nSPS) is 26.4. The molecule has 3 heterocycles. The van der Waals surface area contributed by atoms with Crippen LogP contribution in [-0.2, 0) is 4.74 Å². The van der Waals surface area contributed by atoms with E-state index in [2.05, 4.69) is 9.97 Å². The molecule has 20 heavy (non-hydrogen) atoms. The fourth-order valence-electron chi connectivity index (χ4n) is 2.43. The highest BCUT2D eigenvalue weighted by molar-refractivity contribution is 7.99. The number of thioether (sulfide) groups is 1. The molecule has 1 aliphatic heterocycles. The van der Waals surface area contributed by atoms with Crippen molar-refractivity contribution in [3.05, 3.63) is 15.9 Å². The third kappa shape index (κ3) is 2.21. The standard InChI is InChI=1S/C12H14N4O2S2/c13-11-14-4-7-10(15-11)16(12(17)20-7)8-5-19-9(18-8)3-6-1-2-6/h4,6,8-9H,1-3,5H2,(H2,13,14,15)/t8?,9-/m0/s1. The fourth-order valence-corrected chi connectivity index (χ4v) is 4.48. The van der Waals surface area contributed by atoms with Gasteiger partial charge in [0.1, 0.15) is 11.7 Å². The summed E-state index contributed by atoms with van der Waals surface area (Å²) in [5.41, 5.74) is 6.41. The highest BCUT2D eigenvalue weighted by Crippen LogP contribution is 2.42. The molecule has 2 aliphatic rings. The predicted molar refractivity (Wildman–Crippen MR) is 79.8 cm³/mol. The summed E-state index contributed by atoms with van der Waals surface area (Å²) in [6.07, 6.45) is 5.09. The van der Waals surface area contributed by atoms with Gasteiger partial charge < -0.3 is 10.5 Å². The van der Waals surface area contributed by atoms with Crippen molar-refractivity contribution in [3.63, 3.8) is 0 Å². The summed E-state index contributed by atoms with van der Waals surface area (Å²) in [4.78, 5) is 20.2. The van der Waals surface area contributed by atoms with Crippen molar-refractivity contribution < 1.29 is 4.74 Å². The van der Waals surface area contributed by atoms with Gasteiger partial charge in [0.25, 0.3) is 0 Å². The highest BCUT2D eigenvalue weighted by atomic mass is 32.2. The zero-order valence-electron chi connectivity index (χ0n) is 10.7. The lowest BCUT2D eigenvalue weighted by atomic mass is 10.3. The number of hydrogen-bond acceptors (Lipinski definition) is 7. The molecule has 1 saturated heterocycles. The Balaban J connectivity index is 1.66. The van der Waals surface area contributed by atoms with Crippen LogP contribution in [0.25, 0.3) is 10.3 Å². The molecule has 0 spiro atoms. The lowest BCUT2D eigenvalue weighted by molar-refractivity contribution is 0.0150. The minimum atomic E-state index is -0.237. The van der Waals surface area contributed by atoms with E-state index in [0.29, 0.717) is 5.65 Å². The van der Waals surface area contributed by atoms with Gasteiger partial charge in [-0.1, -0.05) is 24.2 Å². The molecule has 0 bridgehead atoms. The third-order valence-corrected chi connectivity index (χ3v) is 5.65. The molecule has 2 aromatic rings. The molecule has 0 aromatic carbocycles. The molecule has 0 radical (unpaired) electrons. The van der Waals surface area contributed by atoms with Crippen LogP contribution in [0.1, 0.15) is 25.5 Å². The largest absolute Gasteiger partial charge is 0.368 e. The smallest absolute Gasteiger partial charge is 0.311 e. The van der Waals surface area contributed by atoms with E-state index in [-0.39, 0.29) is 22.5 Å². The summed E-state index contributed by atoms with van der Waals surface area (Å²) < 4.78 is 8.39. The molecular formula is C12H14N4O2S2. The van der Waals surface area contributed by atoms with Gasteiger partial charge in [-0.2, -0.15) is 4.98 Å². The minimum Gasteiger partial charge on any atom is -0.368 e. The molecule has 2 atom stereocenters. The Morgan fingerprint density at radius 1 is 1.50 bits per heavy atom. The van der Waals surface area contributed by atoms with Crippen molar-refractivity contribution in [1.82, 2.24) is 14.5 Å². The van der Waals surface area contributed by atoms with Crippen molar-refractivity contribution in [2.45, 2.75) is 30.9 Å². The highest BCUT2D eigenvalue weighted by Gasteiger charge is 2.34. The number of nitrogens with two attached hydrogens (primary N) is 1. The molecule has 2 aromatic heterocycles. The van der Waals surface area contributed by atoms with Crippen LogP contribution in [0.4, 0.5) is 5.95 Å². The van der Waals surface area contributed by atoms with Gasteiger partial charge in [0, 0.05) is 5.75 Å².